The van der Waals surface area contributed by atoms with Crippen molar-refractivity contribution in [2.75, 3.05) is 10.6 Å². The lowest BCUT2D eigenvalue weighted by atomic mass is 10.1. The van der Waals surface area contributed by atoms with Gasteiger partial charge in [-0.2, -0.15) is 13.2 Å². The van der Waals surface area contributed by atoms with Crippen molar-refractivity contribution < 1.29 is 22.8 Å². The summed E-state index contributed by atoms with van der Waals surface area (Å²) in [4.78, 5) is 25.6. The van der Waals surface area contributed by atoms with Gasteiger partial charge in [0.1, 0.15) is 0 Å². The first-order valence-corrected chi connectivity index (χ1v) is 11.6. The van der Waals surface area contributed by atoms with E-state index in [1.165, 1.54) is 11.8 Å². The molecule has 0 aliphatic rings. The SMILES string of the molecule is CC(Sc1cccc(NC(=O)Cc2ccc(Cl)cc2)c1)C(=O)Nc1cc(C(F)(F)F)ccc1Cl. The zero-order valence-corrected chi connectivity index (χ0v) is 20.1. The summed E-state index contributed by atoms with van der Waals surface area (Å²) in [5.74, 6) is -0.724. The Labute approximate surface area is 208 Å². The zero-order valence-electron chi connectivity index (χ0n) is 17.7. The van der Waals surface area contributed by atoms with Gasteiger partial charge in [0.2, 0.25) is 11.8 Å². The molecule has 1 atom stereocenters. The smallest absolute Gasteiger partial charge is 0.326 e. The Bertz CT molecular complexity index is 1190. The molecule has 0 aliphatic heterocycles. The van der Waals surface area contributed by atoms with Crippen molar-refractivity contribution in [2.24, 2.45) is 0 Å². The molecule has 4 nitrogen and oxygen atoms in total. The molecule has 0 heterocycles. The maximum absolute atomic E-state index is 13.0. The molecule has 178 valence electrons. The Balaban J connectivity index is 1.61. The number of halogens is 5. The topological polar surface area (TPSA) is 58.2 Å². The molecule has 34 heavy (non-hydrogen) atoms. The number of thioether (sulfide) groups is 1. The van der Waals surface area contributed by atoms with Gasteiger partial charge in [-0.15, -0.1) is 11.8 Å². The van der Waals surface area contributed by atoms with Crippen LogP contribution in [-0.4, -0.2) is 17.1 Å². The summed E-state index contributed by atoms with van der Waals surface area (Å²) in [5, 5.41) is 5.20. The van der Waals surface area contributed by atoms with Crippen LogP contribution in [0.15, 0.2) is 71.6 Å². The van der Waals surface area contributed by atoms with E-state index < -0.39 is 22.9 Å². The van der Waals surface area contributed by atoms with Crippen molar-refractivity contribution in [3.8, 4) is 0 Å². The van der Waals surface area contributed by atoms with Crippen LogP contribution < -0.4 is 10.6 Å². The number of rotatable bonds is 7. The molecule has 2 amide bonds. The zero-order chi connectivity index (χ0) is 24.9. The van der Waals surface area contributed by atoms with E-state index in [-0.39, 0.29) is 23.0 Å². The molecular weight excluding hydrogens is 508 g/mol. The minimum Gasteiger partial charge on any atom is -0.326 e. The predicted molar refractivity (Wildman–Crippen MR) is 131 cm³/mol. The average Bonchev–Trinajstić information content (AvgIpc) is 2.76. The van der Waals surface area contributed by atoms with Crippen LogP contribution in [0.2, 0.25) is 10.0 Å². The van der Waals surface area contributed by atoms with Crippen molar-refractivity contribution in [1.82, 2.24) is 0 Å². The molecule has 0 radical (unpaired) electrons. The van der Waals surface area contributed by atoms with Crippen molar-refractivity contribution >= 4 is 58.2 Å². The predicted octanol–water partition coefficient (Wildman–Crippen LogP) is 7.31. The number of carbonyl (C=O) groups is 2. The number of anilines is 2. The average molecular weight is 527 g/mol. The van der Waals surface area contributed by atoms with Crippen LogP contribution in [0.3, 0.4) is 0 Å². The molecule has 0 fully saturated rings. The molecule has 0 spiro atoms. The Morgan fingerprint density at radius 1 is 0.971 bits per heavy atom. The van der Waals surface area contributed by atoms with E-state index in [9.17, 15) is 22.8 Å². The highest BCUT2D eigenvalue weighted by Crippen LogP contribution is 2.34. The van der Waals surface area contributed by atoms with Crippen LogP contribution in [0, 0.1) is 0 Å². The minimum atomic E-state index is -4.55. The fourth-order valence-electron chi connectivity index (χ4n) is 2.93. The first kappa shape index (κ1) is 25.9. The van der Waals surface area contributed by atoms with E-state index in [1.54, 1.807) is 55.5 Å². The highest BCUT2D eigenvalue weighted by molar-refractivity contribution is 8.00. The monoisotopic (exact) mass is 526 g/mol. The Morgan fingerprint density at radius 2 is 1.68 bits per heavy atom. The Kier molecular flexibility index (Phi) is 8.52. The molecule has 10 heteroatoms. The molecule has 0 aliphatic carbocycles. The Morgan fingerprint density at radius 3 is 2.35 bits per heavy atom. The van der Waals surface area contributed by atoms with Crippen LogP contribution in [0.5, 0.6) is 0 Å². The number of carbonyl (C=O) groups excluding carboxylic acids is 2. The van der Waals surface area contributed by atoms with Gasteiger partial charge in [0.15, 0.2) is 0 Å². The second-order valence-electron chi connectivity index (χ2n) is 7.32. The normalized spacial score (nSPS) is 12.2. The summed E-state index contributed by atoms with van der Waals surface area (Å²) in [5.41, 5.74) is 0.343. The van der Waals surface area contributed by atoms with Crippen LogP contribution in [0.25, 0.3) is 0 Å². The summed E-state index contributed by atoms with van der Waals surface area (Å²) >= 11 is 13.0. The van der Waals surface area contributed by atoms with Gasteiger partial charge in [-0.1, -0.05) is 41.4 Å². The maximum atomic E-state index is 13.0. The van der Waals surface area contributed by atoms with Crippen LogP contribution in [0.4, 0.5) is 24.5 Å². The molecule has 0 aromatic heterocycles. The van der Waals surface area contributed by atoms with Gasteiger partial charge in [0, 0.05) is 15.6 Å². The van der Waals surface area contributed by atoms with Crippen LogP contribution in [0.1, 0.15) is 18.1 Å². The van der Waals surface area contributed by atoms with E-state index in [4.69, 9.17) is 23.2 Å². The molecule has 2 N–H and O–H groups in total. The Hall–Kier alpha value is -2.68. The quantitative estimate of drug-likeness (QED) is 0.317. The molecule has 3 aromatic rings. The molecule has 3 rings (SSSR count). The molecule has 0 bridgehead atoms. The number of amides is 2. The van der Waals surface area contributed by atoms with Gasteiger partial charge < -0.3 is 10.6 Å². The summed E-state index contributed by atoms with van der Waals surface area (Å²) < 4.78 is 38.9. The minimum absolute atomic E-state index is 0.00365. The van der Waals surface area contributed by atoms with Gasteiger partial charge in [-0.05, 0) is 61.0 Å². The third-order valence-electron chi connectivity index (χ3n) is 4.63. The van der Waals surface area contributed by atoms with Crippen molar-refractivity contribution in [3.05, 3.63) is 87.9 Å². The molecular formula is C24H19Cl2F3N2O2S. The van der Waals surface area contributed by atoms with Gasteiger partial charge >= 0.3 is 6.18 Å². The standard InChI is InChI=1S/C24H19Cl2F3N2O2S/c1-14(23(33)31-21-12-16(24(27,28)29)7-10-20(21)26)34-19-4-2-3-18(13-19)30-22(32)11-15-5-8-17(25)9-6-15/h2-10,12-14H,11H2,1H3,(H,30,32)(H,31,33). The van der Waals surface area contributed by atoms with Crippen LogP contribution in [-0.2, 0) is 22.2 Å². The fraction of sp³-hybridized carbons (Fsp3) is 0.167. The van der Waals surface area contributed by atoms with Crippen molar-refractivity contribution in [2.45, 2.75) is 29.7 Å². The fourth-order valence-corrected chi connectivity index (χ4v) is 4.15. The number of nitrogens with one attached hydrogen (secondary N) is 2. The third-order valence-corrected chi connectivity index (χ3v) is 6.30. The van der Waals surface area contributed by atoms with E-state index in [0.717, 1.165) is 23.8 Å². The van der Waals surface area contributed by atoms with E-state index in [2.05, 4.69) is 10.6 Å². The first-order valence-electron chi connectivity index (χ1n) is 10.00. The largest absolute Gasteiger partial charge is 0.416 e. The number of alkyl halides is 3. The maximum Gasteiger partial charge on any atom is 0.416 e. The van der Waals surface area contributed by atoms with E-state index >= 15 is 0 Å². The van der Waals surface area contributed by atoms with Gasteiger partial charge in [0.25, 0.3) is 0 Å². The molecule has 0 saturated carbocycles. The van der Waals surface area contributed by atoms with Crippen molar-refractivity contribution in [1.29, 1.82) is 0 Å². The summed E-state index contributed by atoms with van der Waals surface area (Å²) in [6.07, 6.45) is -4.38. The lowest BCUT2D eigenvalue weighted by molar-refractivity contribution is -0.137. The highest BCUT2D eigenvalue weighted by atomic mass is 35.5. The highest BCUT2D eigenvalue weighted by Gasteiger charge is 2.31. The van der Waals surface area contributed by atoms with Gasteiger partial charge in [0.05, 0.1) is 27.9 Å². The lowest BCUT2D eigenvalue weighted by Gasteiger charge is -2.15. The molecule has 3 aromatic carbocycles. The van der Waals surface area contributed by atoms with Crippen LogP contribution >= 0.6 is 35.0 Å². The summed E-state index contributed by atoms with van der Waals surface area (Å²) in [7, 11) is 0. The molecule has 1 unspecified atom stereocenters. The number of benzene rings is 3. The first-order chi connectivity index (χ1) is 16.0. The third kappa shape index (κ3) is 7.41. The summed E-state index contributed by atoms with van der Waals surface area (Å²) in [6, 6.07) is 16.6. The van der Waals surface area contributed by atoms with E-state index in [0.29, 0.717) is 15.6 Å². The number of hydrogen-bond acceptors (Lipinski definition) is 3. The molecule has 0 saturated heterocycles. The van der Waals surface area contributed by atoms with Gasteiger partial charge in [-0.25, -0.2) is 0 Å². The second kappa shape index (κ2) is 11.2. The van der Waals surface area contributed by atoms with Crippen molar-refractivity contribution in [3.63, 3.8) is 0 Å². The van der Waals surface area contributed by atoms with Gasteiger partial charge in [-0.3, -0.25) is 9.59 Å². The second-order valence-corrected chi connectivity index (χ2v) is 9.58. The number of hydrogen-bond donors (Lipinski definition) is 2. The lowest BCUT2D eigenvalue weighted by Crippen LogP contribution is -2.23. The van der Waals surface area contributed by atoms with E-state index in [1.807, 2.05) is 0 Å². The summed E-state index contributed by atoms with van der Waals surface area (Å²) in [6.45, 7) is 1.62.